The number of nitrogens with zero attached hydrogens (tertiary/aromatic N) is 2. The van der Waals surface area contributed by atoms with Gasteiger partial charge in [-0.3, -0.25) is 14.7 Å². The van der Waals surface area contributed by atoms with Crippen LogP contribution in [0.2, 0.25) is 0 Å². The van der Waals surface area contributed by atoms with Crippen LogP contribution < -0.4 is 0 Å². The second-order valence-corrected chi connectivity index (χ2v) is 7.23. The second kappa shape index (κ2) is 7.84. The van der Waals surface area contributed by atoms with E-state index in [0.717, 1.165) is 28.5 Å². The van der Waals surface area contributed by atoms with Crippen molar-refractivity contribution in [2.45, 2.75) is 32.4 Å². The molecule has 4 rings (SSSR count). The number of ether oxygens (including phenoxy) is 1. The molecule has 1 aromatic heterocycles. The maximum atomic E-state index is 13.3. The van der Waals surface area contributed by atoms with Gasteiger partial charge in [0.25, 0.3) is 0 Å². The smallest absolute Gasteiger partial charge is 0.306 e. The lowest BCUT2D eigenvalue weighted by Crippen LogP contribution is -2.38. The number of esters is 1. The number of hydrogen-bond donors (Lipinski definition) is 1. The van der Waals surface area contributed by atoms with Crippen LogP contribution >= 0.6 is 0 Å². The molecule has 0 unspecified atom stereocenters. The number of fused-ring (bicyclic) bond motifs is 3. The highest BCUT2D eigenvalue weighted by atomic mass is 16.5. The predicted molar refractivity (Wildman–Crippen MR) is 105 cm³/mol. The first-order valence-electron chi connectivity index (χ1n) is 9.49. The molecule has 28 heavy (non-hydrogen) atoms. The summed E-state index contributed by atoms with van der Waals surface area (Å²) in [6.45, 7) is 1.00. The molecule has 1 atom stereocenters. The lowest BCUT2D eigenvalue weighted by Gasteiger charge is -2.31. The van der Waals surface area contributed by atoms with Gasteiger partial charge in [-0.05, 0) is 35.6 Å². The van der Waals surface area contributed by atoms with Crippen molar-refractivity contribution >= 4 is 22.8 Å². The van der Waals surface area contributed by atoms with Gasteiger partial charge >= 0.3 is 5.97 Å². The summed E-state index contributed by atoms with van der Waals surface area (Å²) >= 11 is 0. The molecule has 6 nitrogen and oxygen atoms in total. The van der Waals surface area contributed by atoms with Gasteiger partial charge in [-0.2, -0.15) is 5.10 Å². The van der Waals surface area contributed by atoms with Crippen molar-refractivity contribution in [2.75, 3.05) is 7.11 Å². The quantitative estimate of drug-likeness (QED) is 0.709. The Bertz CT molecular complexity index is 997. The van der Waals surface area contributed by atoms with Crippen LogP contribution in [0.1, 0.15) is 29.5 Å². The van der Waals surface area contributed by atoms with E-state index in [4.69, 9.17) is 4.74 Å². The van der Waals surface area contributed by atoms with E-state index in [0.29, 0.717) is 19.5 Å². The van der Waals surface area contributed by atoms with Gasteiger partial charge in [0.05, 0.1) is 25.2 Å². The van der Waals surface area contributed by atoms with E-state index in [1.54, 1.807) is 0 Å². The number of benzene rings is 2. The van der Waals surface area contributed by atoms with Crippen LogP contribution in [0.3, 0.4) is 0 Å². The molecule has 1 amide bonds. The first-order valence-corrected chi connectivity index (χ1v) is 9.49. The van der Waals surface area contributed by atoms with Crippen LogP contribution in [-0.4, -0.2) is 34.1 Å². The Kier molecular flexibility index (Phi) is 5.10. The molecule has 0 radical (unpaired) electrons. The zero-order valence-corrected chi connectivity index (χ0v) is 15.9. The van der Waals surface area contributed by atoms with E-state index >= 15 is 0 Å². The number of aromatic nitrogens is 2. The fourth-order valence-corrected chi connectivity index (χ4v) is 3.93. The average Bonchev–Trinajstić information content (AvgIpc) is 3.19. The SMILES string of the molecule is COC(=O)C[C@@H]1CCc2ccc3[nH]ncc3c2CN(Cc2ccccc2)C1=O. The molecule has 6 heteroatoms. The first-order chi connectivity index (χ1) is 13.7. The molecule has 144 valence electrons. The van der Waals surface area contributed by atoms with Gasteiger partial charge in [-0.15, -0.1) is 0 Å². The summed E-state index contributed by atoms with van der Waals surface area (Å²) in [6, 6.07) is 14.1. The lowest BCUT2D eigenvalue weighted by atomic mass is 9.89. The summed E-state index contributed by atoms with van der Waals surface area (Å²) in [5.74, 6) is -0.714. The highest BCUT2D eigenvalue weighted by Crippen LogP contribution is 2.30. The number of aromatic amines is 1. The minimum absolute atomic E-state index is 0.000371. The van der Waals surface area contributed by atoms with Gasteiger partial charge < -0.3 is 9.64 Å². The van der Waals surface area contributed by atoms with E-state index in [-0.39, 0.29) is 24.2 Å². The van der Waals surface area contributed by atoms with E-state index in [9.17, 15) is 9.59 Å². The second-order valence-electron chi connectivity index (χ2n) is 7.23. The zero-order chi connectivity index (χ0) is 19.5. The van der Waals surface area contributed by atoms with Crippen molar-refractivity contribution in [3.05, 3.63) is 65.4 Å². The Hall–Kier alpha value is -3.15. The highest BCUT2D eigenvalue weighted by Gasteiger charge is 2.30. The van der Waals surface area contributed by atoms with Gasteiger partial charge in [0.2, 0.25) is 5.91 Å². The van der Waals surface area contributed by atoms with Gasteiger partial charge in [-0.1, -0.05) is 36.4 Å². The third-order valence-corrected chi connectivity index (χ3v) is 5.46. The van der Waals surface area contributed by atoms with Crippen molar-refractivity contribution in [1.82, 2.24) is 15.1 Å². The zero-order valence-electron chi connectivity index (χ0n) is 15.9. The highest BCUT2D eigenvalue weighted by molar-refractivity contribution is 5.86. The minimum atomic E-state index is -0.371. The lowest BCUT2D eigenvalue weighted by molar-refractivity contribution is -0.147. The number of carbonyl (C=O) groups excluding carboxylic acids is 2. The molecule has 0 saturated heterocycles. The molecule has 0 fully saturated rings. The Balaban J connectivity index is 1.72. The van der Waals surface area contributed by atoms with Gasteiger partial charge in [0.15, 0.2) is 0 Å². The molecular formula is C22H23N3O3. The van der Waals surface area contributed by atoms with E-state index in [1.807, 2.05) is 47.5 Å². The monoisotopic (exact) mass is 377 g/mol. The van der Waals surface area contributed by atoms with Gasteiger partial charge in [0, 0.05) is 24.4 Å². The molecule has 0 bridgehead atoms. The van der Waals surface area contributed by atoms with Crippen molar-refractivity contribution in [2.24, 2.45) is 5.92 Å². The van der Waals surface area contributed by atoms with Crippen LogP contribution in [0.5, 0.6) is 0 Å². The topological polar surface area (TPSA) is 75.3 Å². The number of H-pyrrole nitrogens is 1. The first kappa shape index (κ1) is 18.2. The van der Waals surface area contributed by atoms with Crippen LogP contribution in [0, 0.1) is 5.92 Å². The molecular weight excluding hydrogens is 354 g/mol. The summed E-state index contributed by atoms with van der Waals surface area (Å²) in [4.78, 5) is 27.1. The van der Waals surface area contributed by atoms with Crippen LogP contribution in [0.15, 0.2) is 48.7 Å². The Labute approximate surface area is 163 Å². The number of amides is 1. The third kappa shape index (κ3) is 3.63. The summed E-state index contributed by atoms with van der Waals surface area (Å²) in [6.07, 6.45) is 3.31. The minimum Gasteiger partial charge on any atom is -0.469 e. The Morgan fingerprint density at radius 2 is 2.07 bits per heavy atom. The number of methoxy groups -OCH3 is 1. The van der Waals surface area contributed by atoms with E-state index in [1.165, 1.54) is 12.7 Å². The Morgan fingerprint density at radius 1 is 1.25 bits per heavy atom. The summed E-state index contributed by atoms with van der Waals surface area (Å²) in [5, 5.41) is 8.23. The average molecular weight is 377 g/mol. The van der Waals surface area contributed by atoms with Crippen molar-refractivity contribution in [3.8, 4) is 0 Å². The fraction of sp³-hybridized carbons (Fsp3) is 0.318. The number of nitrogens with one attached hydrogen (secondary N) is 1. The number of carbonyl (C=O) groups is 2. The number of rotatable bonds is 4. The Morgan fingerprint density at radius 3 is 2.86 bits per heavy atom. The third-order valence-electron chi connectivity index (χ3n) is 5.46. The standard InChI is InChI=1S/C22H23N3O3/c1-28-21(26)11-17-8-7-16-9-10-20-18(12-23-24-20)19(16)14-25(22(17)27)13-15-5-3-2-4-6-15/h2-6,9-10,12,17H,7-8,11,13-14H2,1H3,(H,23,24)/t17-/m0/s1. The largest absolute Gasteiger partial charge is 0.469 e. The van der Waals surface area contributed by atoms with Gasteiger partial charge in [0.1, 0.15) is 0 Å². The maximum Gasteiger partial charge on any atom is 0.306 e. The summed E-state index contributed by atoms with van der Waals surface area (Å²) in [5.41, 5.74) is 4.37. The molecule has 0 aliphatic carbocycles. The summed E-state index contributed by atoms with van der Waals surface area (Å²) < 4.78 is 4.82. The van der Waals surface area contributed by atoms with Crippen LogP contribution in [-0.2, 0) is 33.8 Å². The van der Waals surface area contributed by atoms with Crippen molar-refractivity contribution < 1.29 is 14.3 Å². The van der Waals surface area contributed by atoms with Gasteiger partial charge in [-0.25, -0.2) is 0 Å². The number of hydrogen-bond acceptors (Lipinski definition) is 4. The maximum absolute atomic E-state index is 13.3. The molecule has 1 aliphatic heterocycles. The molecule has 0 spiro atoms. The van der Waals surface area contributed by atoms with Crippen molar-refractivity contribution in [1.29, 1.82) is 0 Å². The molecule has 3 aromatic rings. The van der Waals surface area contributed by atoms with Crippen LogP contribution in [0.4, 0.5) is 0 Å². The predicted octanol–water partition coefficient (Wildman–Crippen LogP) is 3.22. The molecule has 2 heterocycles. The number of aryl methyl sites for hydroxylation is 1. The normalized spacial score (nSPS) is 17.1. The van der Waals surface area contributed by atoms with Crippen molar-refractivity contribution in [3.63, 3.8) is 0 Å². The molecule has 2 aromatic carbocycles. The van der Waals surface area contributed by atoms with Crippen LogP contribution in [0.25, 0.3) is 10.9 Å². The van der Waals surface area contributed by atoms with E-state index < -0.39 is 0 Å². The molecule has 0 saturated carbocycles. The van der Waals surface area contributed by atoms with E-state index in [2.05, 4.69) is 16.3 Å². The molecule has 1 aliphatic rings. The molecule has 1 N–H and O–H groups in total. The summed E-state index contributed by atoms with van der Waals surface area (Å²) in [7, 11) is 1.36. The fourth-order valence-electron chi connectivity index (χ4n) is 3.93.